The van der Waals surface area contributed by atoms with Crippen molar-refractivity contribution in [1.82, 2.24) is 0 Å². The van der Waals surface area contributed by atoms with Crippen LogP contribution in [0, 0.1) is 41.5 Å². The topological polar surface area (TPSA) is 30.9 Å². The summed E-state index contributed by atoms with van der Waals surface area (Å²) < 4.78 is 17.4. The highest BCUT2D eigenvalue weighted by Gasteiger charge is 2.19. The van der Waals surface area contributed by atoms with Crippen LogP contribution < -0.4 is 19.1 Å². The van der Waals surface area contributed by atoms with E-state index in [9.17, 15) is 0 Å². The molecule has 0 N–H and O–H groups in total. The van der Waals surface area contributed by atoms with E-state index >= 15 is 0 Å². The van der Waals surface area contributed by atoms with Crippen LogP contribution in [0.3, 0.4) is 0 Å². The van der Waals surface area contributed by atoms with E-state index in [0.29, 0.717) is 0 Å². The van der Waals surface area contributed by atoms with Gasteiger partial charge in [-0.25, -0.2) is 0 Å². The summed E-state index contributed by atoms with van der Waals surface area (Å²) in [5.41, 5.74) is 17.0. The lowest BCUT2D eigenvalue weighted by Gasteiger charge is -2.28. The van der Waals surface area contributed by atoms with Crippen molar-refractivity contribution in [2.24, 2.45) is 0 Å². The molecule has 4 nitrogen and oxygen atoms in total. The summed E-state index contributed by atoms with van der Waals surface area (Å²) in [7, 11) is 5.21. The third-order valence-corrected chi connectivity index (χ3v) is 9.35. The summed E-state index contributed by atoms with van der Waals surface area (Å²) in [6.45, 7) is 12.8. The Bertz CT molecular complexity index is 1920. The monoisotopic (exact) mass is 647 g/mol. The highest BCUT2D eigenvalue weighted by molar-refractivity contribution is 5.85. The van der Waals surface area contributed by atoms with Crippen LogP contribution in [0.5, 0.6) is 17.2 Å². The maximum atomic E-state index is 5.79. The molecular formula is C45H45NO3. The molecule has 0 aliphatic heterocycles. The van der Waals surface area contributed by atoms with Crippen molar-refractivity contribution in [3.05, 3.63) is 143 Å². The molecular weight excluding hydrogens is 602 g/mol. The predicted octanol–water partition coefficient (Wildman–Crippen LogP) is 12.0. The van der Waals surface area contributed by atoms with Crippen LogP contribution in [0.2, 0.25) is 0 Å². The predicted molar refractivity (Wildman–Crippen MR) is 206 cm³/mol. The molecule has 0 spiro atoms. The van der Waals surface area contributed by atoms with E-state index in [4.69, 9.17) is 14.2 Å². The molecule has 0 radical (unpaired) electrons. The lowest BCUT2D eigenvalue weighted by molar-refractivity contribution is 0.416. The molecule has 6 rings (SSSR count). The Kier molecular flexibility index (Phi) is 9.51. The van der Waals surface area contributed by atoms with Crippen molar-refractivity contribution < 1.29 is 14.2 Å². The minimum Gasteiger partial charge on any atom is -0.496 e. The van der Waals surface area contributed by atoms with Crippen molar-refractivity contribution in [2.45, 2.75) is 41.5 Å². The first kappa shape index (κ1) is 33.4. The largest absolute Gasteiger partial charge is 0.496 e. The Morgan fingerprint density at radius 2 is 0.592 bits per heavy atom. The molecule has 0 aliphatic carbocycles. The van der Waals surface area contributed by atoms with Crippen molar-refractivity contribution in [3.8, 4) is 50.6 Å². The quantitative estimate of drug-likeness (QED) is 0.156. The smallest absolute Gasteiger partial charge is 0.126 e. The SMILES string of the molecule is COc1cc(C)ccc1-c1ccc(N(c2ccc(-c3ccc(C)cc3OC)c(C)c2)c2ccc(-c3ccc(C)cc3OC)c(C)c2)cc1C. The van der Waals surface area contributed by atoms with Gasteiger partial charge in [0.1, 0.15) is 17.2 Å². The maximum absolute atomic E-state index is 5.79. The van der Waals surface area contributed by atoms with E-state index < -0.39 is 0 Å². The fourth-order valence-electron chi connectivity index (χ4n) is 6.78. The molecule has 4 heteroatoms. The Labute approximate surface area is 291 Å². The molecule has 0 aromatic heterocycles. The van der Waals surface area contributed by atoms with E-state index in [1.807, 2.05) is 0 Å². The van der Waals surface area contributed by atoms with Gasteiger partial charge in [0.15, 0.2) is 0 Å². The van der Waals surface area contributed by atoms with Crippen LogP contribution in [0.4, 0.5) is 17.1 Å². The molecule has 0 unspecified atom stereocenters. The molecule has 0 bridgehead atoms. The lowest BCUT2D eigenvalue weighted by atomic mass is 9.95. The van der Waals surface area contributed by atoms with Crippen molar-refractivity contribution in [2.75, 3.05) is 26.2 Å². The molecule has 0 saturated carbocycles. The average molecular weight is 648 g/mol. The first-order valence-corrected chi connectivity index (χ1v) is 16.7. The van der Waals surface area contributed by atoms with E-state index in [1.165, 1.54) is 33.4 Å². The molecule has 0 atom stereocenters. The van der Waals surface area contributed by atoms with Crippen LogP contribution in [-0.4, -0.2) is 21.3 Å². The van der Waals surface area contributed by atoms with E-state index in [0.717, 1.165) is 67.7 Å². The van der Waals surface area contributed by atoms with Gasteiger partial charge in [-0.15, -0.1) is 0 Å². The van der Waals surface area contributed by atoms with E-state index in [1.54, 1.807) is 21.3 Å². The summed E-state index contributed by atoms with van der Waals surface area (Å²) in [4.78, 5) is 2.34. The Hall–Kier alpha value is -5.48. The number of hydrogen-bond donors (Lipinski definition) is 0. The molecule has 6 aromatic carbocycles. The number of rotatable bonds is 9. The second-order valence-corrected chi connectivity index (χ2v) is 12.9. The van der Waals surface area contributed by atoms with Crippen molar-refractivity contribution >= 4 is 17.1 Å². The first-order valence-electron chi connectivity index (χ1n) is 16.7. The van der Waals surface area contributed by atoms with Gasteiger partial charge >= 0.3 is 0 Å². The van der Waals surface area contributed by atoms with E-state index in [2.05, 4.69) is 156 Å². The van der Waals surface area contributed by atoms with Gasteiger partial charge in [0, 0.05) is 33.8 Å². The van der Waals surface area contributed by atoms with Gasteiger partial charge in [0.25, 0.3) is 0 Å². The zero-order valence-corrected chi connectivity index (χ0v) is 30.1. The molecule has 0 amide bonds. The molecule has 0 saturated heterocycles. The lowest BCUT2D eigenvalue weighted by Crippen LogP contribution is -2.11. The van der Waals surface area contributed by atoms with Gasteiger partial charge in [-0.05, 0) is 146 Å². The minimum atomic E-state index is 0.878. The second kappa shape index (κ2) is 13.9. The third kappa shape index (κ3) is 6.64. The molecule has 248 valence electrons. The molecule has 0 aliphatic rings. The zero-order chi connectivity index (χ0) is 34.8. The van der Waals surface area contributed by atoms with Crippen LogP contribution >= 0.6 is 0 Å². The fraction of sp³-hybridized carbons (Fsp3) is 0.200. The van der Waals surface area contributed by atoms with Crippen LogP contribution in [0.25, 0.3) is 33.4 Å². The van der Waals surface area contributed by atoms with Gasteiger partial charge in [-0.1, -0.05) is 54.6 Å². The van der Waals surface area contributed by atoms with Gasteiger partial charge in [-0.3, -0.25) is 0 Å². The highest BCUT2D eigenvalue weighted by atomic mass is 16.5. The minimum absolute atomic E-state index is 0.878. The fourth-order valence-corrected chi connectivity index (χ4v) is 6.78. The summed E-state index contributed by atoms with van der Waals surface area (Å²) >= 11 is 0. The summed E-state index contributed by atoms with van der Waals surface area (Å²) in [6, 6.07) is 39.2. The Balaban J connectivity index is 1.49. The number of nitrogens with zero attached hydrogens (tertiary/aromatic N) is 1. The van der Waals surface area contributed by atoms with Crippen LogP contribution in [-0.2, 0) is 0 Å². The Morgan fingerprint density at radius 1 is 0.327 bits per heavy atom. The van der Waals surface area contributed by atoms with Crippen LogP contribution in [0.15, 0.2) is 109 Å². The molecule has 0 heterocycles. The summed E-state index contributed by atoms with van der Waals surface area (Å²) in [5.74, 6) is 2.63. The summed E-state index contributed by atoms with van der Waals surface area (Å²) in [6.07, 6.45) is 0. The maximum Gasteiger partial charge on any atom is 0.126 e. The van der Waals surface area contributed by atoms with Gasteiger partial charge < -0.3 is 19.1 Å². The normalized spacial score (nSPS) is 11.0. The van der Waals surface area contributed by atoms with Crippen molar-refractivity contribution in [1.29, 1.82) is 0 Å². The number of aryl methyl sites for hydroxylation is 6. The van der Waals surface area contributed by atoms with Gasteiger partial charge in [0.05, 0.1) is 21.3 Å². The first-order chi connectivity index (χ1) is 23.6. The number of methoxy groups -OCH3 is 3. The average Bonchev–Trinajstić information content (AvgIpc) is 3.09. The second-order valence-electron chi connectivity index (χ2n) is 12.9. The zero-order valence-electron chi connectivity index (χ0n) is 30.1. The molecule has 49 heavy (non-hydrogen) atoms. The number of benzene rings is 6. The number of hydrogen-bond acceptors (Lipinski definition) is 4. The van der Waals surface area contributed by atoms with Gasteiger partial charge in [-0.2, -0.15) is 0 Å². The number of anilines is 3. The van der Waals surface area contributed by atoms with Crippen molar-refractivity contribution in [3.63, 3.8) is 0 Å². The van der Waals surface area contributed by atoms with Crippen LogP contribution in [0.1, 0.15) is 33.4 Å². The summed E-state index contributed by atoms with van der Waals surface area (Å²) in [5, 5.41) is 0. The van der Waals surface area contributed by atoms with E-state index in [-0.39, 0.29) is 0 Å². The number of ether oxygens (including phenoxy) is 3. The molecule has 0 fully saturated rings. The Morgan fingerprint density at radius 3 is 0.837 bits per heavy atom. The highest BCUT2D eigenvalue weighted by Crippen LogP contribution is 2.43. The standard InChI is InChI=1S/C45H45NO3/c1-28-10-16-40(43(22-28)47-7)37-19-13-34(25-31(37)4)46(35-14-20-38(32(5)26-35)41-17-11-29(2)23-44(41)48-8)36-15-21-39(33(6)27-36)42-18-12-30(3)24-45(42)49-9/h10-27H,1-9H3. The third-order valence-electron chi connectivity index (χ3n) is 9.35. The van der Waals surface area contributed by atoms with Gasteiger partial charge in [0.2, 0.25) is 0 Å². The molecule has 6 aromatic rings.